The smallest absolute Gasteiger partial charge is 0.355 e. The van der Waals surface area contributed by atoms with Crippen molar-refractivity contribution in [3.05, 3.63) is 35.4 Å². The molecule has 1 aliphatic rings. The van der Waals surface area contributed by atoms with Crippen molar-refractivity contribution in [1.29, 1.82) is 0 Å². The second kappa shape index (κ2) is 7.83. The van der Waals surface area contributed by atoms with E-state index in [1.54, 1.807) is 6.07 Å². The van der Waals surface area contributed by atoms with Crippen LogP contribution in [0.3, 0.4) is 0 Å². The minimum absolute atomic E-state index is 0. The molecule has 22 heavy (non-hydrogen) atoms. The van der Waals surface area contributed by atoms with Gasteiger partial charge in [-0.05, 0) is 30.5 Å². The van der Waals surface area contributed by atoms with Gasteiger partial charge in [0, 0.05) is 19.0 Å². The molecule has 1 aromatic rings. The van der Waals surface area contributed by atoms with Gasteiger partial charge in [0.2, 0.25) is 5.91 Å². The number of amides is 1. The Bertz CT molecular complexity index is 508. The third-order valence-corrected chi connectivity index (χ3v) is 3.62. The first-order valence-electron chi connectivity index (χ1n) is 7.09. The van der Waals surface area contributed by atoms with Gasteiger partial charge in [-0.1, -0.05) is 25.1 Å². The van der Waals surface area contributed by atoms with E-state index in [2.05, 4.69) is 10.6 Å². The molecule has 7 heteroatoms. The fourth-order valence-corrected chi connectivity index (χ4v) is 2.38. The Morgan fingerprint density at radius 2 is 2.05 bits per heavy atom. The van der Waals surface area contributed by atoms with Crippen LogP contribution in [-0.4, -0.2) is 25.5 Å². The number of carbonyl (C=O) groups is 1. The number of rotatable bonds is 6. The van der Waals surface area contributed by atoms with Gasteiger partial charge in [-0.3, -0.25) is 4.79 Å². The Balaban J connectivity index is 0.00000242. The highest BCUT2D eigenvalue weighted by Gasteiger charge is 2.44. The molecule has 3 nitrogen and oxygen atoms in total. The van der Waals surface area contributed by atoms with Crippen molar-refractivity contribution < 1.29 is 18.0 Å². The third kappa shape index (κ3) is 4.88. The molecule has 0 radical (unpaired) electrons. The molecule has 0 heterocycles. The fourth-order valence-electron chi connectivity index (χ4n) is 2.38. The number of likely N-dealkylation sites (N-methyl/N-ethyl adjacent to an activating group) is 1. The molecule has 124 valence electrons. The van der Waals surface area contributed by atoms with E-state index in [1.165, 1.54) is 6.07 Å². The van der Waals surface area contributed by atoms with E-state index in [4.69, 9.17) is 0 Å². The zero-order chi connectivity index (χ0) is 15.5. The van der Waals surface area contributed by atoms with E-state index in [0.717, 1.165) is 18.7 Å². The van der Waals surface area contributed by atoms with Crippen molar-refractivity contribution in [2.75, 3.05) is 19.6 Å². The molecule has 0 bridgehead atoms. The van der Waals surface area contributed by atoms with E-state index in [0.29, 0.717) is 25.1 Å². The first-order valence-corrected chi connectivity index (χ1v) is 7.09. The van der Waals surface area contributed by atoms with Crippen molar-refractivity contribution in [2.45, 2.75) is 25.4 Å². The second-order valence-electron chi connectivity index (χ2n) is 5.22. The summed E-state index contributed by atoms with van der Waals surface area (Å²) in [4.78, 5) is 11.9. The van der Waals surface area contributed by atoms with Crippen LogP contribution >= 0.6 is 12.4 Å². The minimum Gasteiger partial charge on any atom is -0.355 e. The summed E-state index contributed by atoms with van der Waals surface area (Å²) < 4.78 is 38.0. The van der Waals surface area contributed by atoms with Crippen molar-refractivity contribution >= 4 is 18.3 Å². The van der Waals surface area contributed by atoms with Crippen molar-refractivity contribution in [2.24, 2.45) is 5.92 Å². The summed E-state index contributed by atoms with van der Waals surface area (Å²) in [6, 6.07) is 5.26. The minimum atomic E-state index is -4.34. The molecule has 1 saturated carbocycles. The number of nitrogens with one attached hydrogen (secondary N) is 2. The lowest BCUT2D eigenvalue weighted by Crippen LogP contribution is -2.32. The summed E-state index contributed by atoms with van der Waals surface area (Å²) in [5.41, 5.74) is -0.0603. The summed E-state index contributed by atoms with van der Waals surface area (Å²) in [5.74, 6) is -0.364. The lowest BCUT2D eigenvalue weighted by Gasteiger charge is -2.09. The van der Waals surface area contributed by atoms with Crippen molar-refractivity contribution in [3.8, 4) is 0 Å². The van der Waals surface area contributed by atoms with E-state index < -0.39 is 11.7 Å². The van der Waals surface area contributed by atoms with Crippen LogP contribution in [0.1, 0.15) is 30.4 Å². The van der Waals surface area contributed by atoms with Gasteiger partial charge < -0.3 is 10.6 Å². The standard InChI is InChI=1S/C15H19F3N2O.ClH/c1-2-19-6-7-20-14(21)13-9-12(13)10-4-3-5-11(8-10)15(16,17)18;/h3-5,8,12-13,19H,2,6-7,9H2,1H3,(H,20,21);1H. The molecule has 2 atom stereocenters. The number of carbonyl (C=O) groups excluding carboxylic acids is 1. The van der Waals surface area contributed by atoms with Crippen LogP contribution in [0.25, 0.3) is 0 Å². The van der Waals surface area contributed by atoms with E-state index in [1.807, 2.05) is 6.92 Å². The average Bonchev–Trinajstić information content (AvgIpc) is 3.23. The Kier molecular flexibility index (Phi) is 6.68. The monoisotopic (exact) mass is 336 g/mol. The summed E-state index contributed by atoms with van der Waals surface area (Å²) in [7, 11) is 0. The number of alkyl halides is 3. The summed E-state index contributed by atoms with van der Waals surface area (Å²) in [6.45, 7) is 4.06. The molecule has 0 aliphatic heterocycles. The lowest BCUT2D eigenvalue weighted by molar-refractivity contribution is -0.137. The molecule has 1 amide bonds. The van der Waals surface area contributed by atoms with Gasteiger partial charge in [0.25, 0.3) is 0 Å². The van der Waals surface area contributed by atoms with Crippen LogP contribution in [0.4, 0.5) is 13.2 Å². The average molecular weight is 337 g/mol. The molecule has 0 saturated heterocycles. The van der Waals surface area contributed by atoms with Crippen LogP contribution in [0.2, 0.25) is 0 Å². The predicted octanol–water partition coefficient (Wildman–Crippen LogP) is 2.96. The lowest BCUT2D eigenvalue weighted by atomic mass is 10.1. The molecular weight excluding hydrogens is 317 g/mol. The number of hydrogen-bond donors (Lipinski definition) is 2. The molecule has 1 aliphatic carbocycles. The molecule has 2 unspecified atom stereocenters. The number of halogens is 4. The van der Waals surface area contributed by atoms with Crippen LogP contribution in [0.5, 0.6) is 0 Å². The molecule has 0 aromatic heterocycles. The maximum atomic E-state index is 12.7. The quantitative estimate of drug-likeness (QED) is 0.784. The van der Waals surface area contributed by atoms with Gasteiger partial charge in [0.1, 0.15) is 0 Å². The fraction of sp³-hybridized carbons (Fsp3) is 0.533. The SMILES string of the molecule is CCNCCNC(=O)C1CC1c1cccc(C(F)(F)F)c1.Cl. The predicted molar refractivity (Wildman–Crippen MR) is 81.1 cm³/mol. The molecule has 1 fully saturated rings. The van der Waals surface area contributed by atoms with Crippen LogP contribution in [0, 0.1) is 5.92 Å². The second-order valence-corrected chi connectivity index (χ2v) is 5.22. The van der Waals surface area contributed by atoms with Crippen LogP contribution in [-0.2, 0) is 11.0 Å². The zero-order valence-electron chi connectivity index (χ0n) is 12.2. The highest BCUT2D eigenvalue weighted by molar-refractivity contribution is 5.85. The normalized spacial score (nSPS) is 20.2. The molecule has 1 aromatic carbocycles. The third-order valence-electron chi connectivity index (χ3n) is 3.62. The summed E-state index contributed by atoms with van der Waals surface area (Å²) >= 11 is 0. The Morgan fingerprint density at radius 3 is 2.68 bits per heavy atom. The van der Waals surface area contributed by atoms with Crippen molar-refractivity contribution in [3.63, 3.8) is 0 Å². The van der Waals surface area contributed by atoms with E-state index in [9.17, 15) is 18.0 Å². The Hall–Kier alpha value is -1.27. The molecule has 2 rings (SSSR count). The topological polar surface area (TPSA) is 41.1 Å². The van der Waals surface area contributed by atoms with Crippen LogP contribution in [0.15, 0.2) is 24.3 Å². The van der Waals surface area contributed by atoms with Crippen LogP contribution < -0.4 is 10.6 Å². The maximum Gasteiger partial charge on any atom is 0.416 e. The molecule has 2 N–H and O–H groups in total. The number of benzene rings is 1. The summed E-state index contributed by atoms with van der Waals surface area (Å²) in [6.07, 6.45) is -3.72. The highest BCUT2D eigenvalue weighted by Crippen LogP contribution is 2.48. The van der Waals surface area contributed by atoms with Gasteiger partial charge in [-0.2, -0.15) is 13.2 Å². The maximum absolute atomic E-state index is 12.7. The van der Waals surface area contributed by atoms with Crippen molar-refractivity contribution in [1.82, 2.24) is 10.6 Å². The van der Waals surface area contributed by atoms with Gasteiger partial charge in [-0.25, -0.2) is 0 Å². The Labute approximate surface area is 134 Å². The summed E-state index contributed by atoms with van der Waals surface area (Å²) in [5, 5.41) is 5.89. The van der Waals surface area contributed by atoms with Gasteiger partial charge in [0.05, 0.1) is 5.56 Å². The first-order chi connectivity index (χ1) is 9.93. The van der Waals surface area contributed by atoms with Gasteiger partial charge >= 0.3 is 6.18 Å². The van der Waals surface area contributed by atoms with Gasteiger partial charge in [-0.15, -0.1) is 12.4 Å². The number of hydrogen-bond acceptors (Lipinski definition) is 2. The van der Waals surface area contributed by atoms with E-state index in [-0.39, 0.29) is 30.2 Å². The molecule has 0 spiro atoms. The molecular formula is C15H20ClF3N2O. The highest BCUT2D eigenvalue weighted by atomic mass is 35.5. The van der Waals surface area contributed by atoms with E-state index >= 15 is 0 Å². The largest absolute Gasteiger partial charge is 0.416 e. The Morgan fingerprint density at radius 1 is 1.32 bits per heavy atom. The first kappa shape index (κ1) is 18.8. The zero-order valence-corrected chi connectivity index (χ0v) is 13.1. The van der Waals surface area contributed by atoms with Gasteiger partial charge in [0.15, 0.2) is 0 Å².